The molecule has 27 heavy (non-hydrogen) atoms. The molecule has 0 radical (unpaired) electrons. The van der Waals surface area contributed by atoms with Crippen LogP contribution in [0.2, 0.25) is 0 Å². The molecule has 4 rings (SSSR count). The number of nitrogens with zero attached hydrogens (tertiary/aromatic N) is 4. The van der Waals surface area contributed by atoms with E-state index < -0.39 is 0 Å². The highest BCUT2D eigenvalue weighted by Crippen LogP contribution is 2.27. The van der Waals surface area contributed by atoms with Crippen LogP contribution in [0.4, 0.5) is 5.82 Å². The molecule has 0 saturated carbocycles. The van der Waals surface area contributed by atoms with E-state index in [4.69, 9.17) is 0 Å². The summed E-state index contributed by atoms with van der Waals surface area (Å²) in [5.74, 6) is 0.902. The van der Waals surface area contributed by atoms with Crippen molar-refractivity contribution in [1.82, 2.24) is 20.3 Å². The Morgan fingerprint density at radius 2 is 1.85 bits per heavy atom. The molecule has 6 nitrogen and oxygen atoms in total. The number of H-pyrrole nitrogens is 1. The number of aromatic nitrogens is 3. The van der Waals surface area contributed by atoms with Gasteiger partial charge in [0, 0.05) is 56.0 Å². The minimum Gasteiger partial charge on any atom is -0.355 e. The molecule has 0 aromatic carbocycles. The molecule has 0 atom stereocenters. The highest BCUT2D eigenvalue weighted by atomic mass is 15.2. The van der Waals surface area contributed by atoms with Crippen molar-refractivity contribution in [2.75, 3.05) is 31.1 Å². The Kier molecular flexibility index (Phi) is 4.95. The second-order valence-corrected chi connectivity index (χ2v) is 6.38. The third-order valence-corrected chi connectivity index (χ3v) is 4.60. The van der Waals surface area contributed by atoms with Gasteiger partial charge in [0.1, 0.15) is 11.9 Å². The first-order valence-electron chi connectivity index (χ1n) is 8.97. The van der Waals surface area contributed by atoms with E-state index in [1.807, 2.05) is 42.5 Å². The predicted octanol–water partition coefficient (Wildman–Crippen LogP) is 2.92. The number of anilines is 1. The van der Waals surface area contributed by atoms with Crippen molar-refractivity contribution in [3.63, 3.8) is 0 Å². The van der Waals surface area contributed by atoms with E-state index in [1.54, 1.807) is 18.6 Å². The van der Waals surface area contributed by atoms with E-state index in [9.17, 15) is 5.26 Å². The largest absolute Gasteiger partial charge is 0.355 e. The zero-order chi connectivity index (χ0) is 18.5. The van der Waals surface area contributed by atoms with Crippen LogP contribution in [0.1, 0.15) is 16.8 Å². The monoisotopic (exact) mass is 356 g/mol. The molecule has 6 heteroatoms. The summed E-state index contributed by atoms with van der Waals surface area (Å²) >= 11 is 0. The van der Waals surface area contributed by atoms with Gasteiger partial charge in [-0.25, -0.2) is 0 Å². The molecule has 0 amide bonds. The lowest BCUT2D eigenvalue weighted by atomic mass is 10.1. The van der Waals surface area contributed by atoms with Gasteiger partial charge in [-0.05, 0) is 42.0 Å². The topological polar surface area (TPSA) is 80.6 Å². The van der Waals surface area contributed by atoms with Crippen LogP contribution in [0.3, 0.4) is 0 Å². The van der Waals surface area contributed by atoms with E-state index in [2.05, 4.69) is 31.2 Å². The van der Waals surface area contributed by atoms with E-state index >= 15 is 0 Å². The van der Waals surface area contributed by atoms with Crippen LogP contribution in [-0.4, -0.2) is 41.1 Å². The van der Waals surface area contributed by atoms with Crippen LogP contribution in [0.15, 0.2) is 48.9 Å². The maximum atomic E-state index is 9.53. The Morgan fingerprint density at radius 3 is 2.63 bits per heavy atom. The van der Waals surface area contributed by atoms with Crippen LogP contribution in [-0.2, 0) is 0 Å². The van der Waals surface area contributed by atoms with Crippen LogP contribution in [0.25, 0.3) is 23.4 Å². The molecule has 0 aliphatic carbocycles. The Morgan fingerprint density at radius 1 is 1.04 bits per heavy atom. The number of aromatic amines is 1. The fourth-order valence-corrected chi connectivity index (χ4v) is 3.19. The fraction of sp³-hybridized carbons (Fsp3) is 0.190. The Labute approximate surface area is 158 Å². The second kappa shape index (κ2) is 7.85. The Balaban J connectivity index is 1.61. The molecule has 1 saturated heterocycles. The average Bonchev–Trinajstić information content (AvgIpc) is 3.18. The SMILES string of the molecule is N#Cc1cc(-c2ccnc(C=Cc3ccncc3)c2)[nH]c1N1CCNCC1. The van der Waals surface area contributed by atoms with Crippen LogP contribution < -0.4 is 10.2 Å². The van der Waals surface area contributed by atoms with Gasteiger partial charge >= 0.3 is 0 Å². The lowest BCUT2D eigenvalue weighted by Gasteiger charge is -2.28. The van der Waals surface area contributed by atoms with E-state index in [-0.39, 0.29) is 0 Å². The Hall–Kier alpha value is -3.43. The Bertz CT molecular complexity index is 977. The van der Waals surface area contributed by atoms with Gasteiger partial charge in [0.15, 0.2) is 0 Å². The van der Waals surface area contributed by atoms with Crippen molar-refractivity contribution < 1.29 is 0 Å². The summed E-state index contributed by atoms with van der Waals surface area (Å²) in [6, 6.07) is 12.1. The van der Waals surface area contributed by atoms with Crippen molar-refractivity contribution >= 4 is 18.0 Å². The molecular weight excluding hydrogens is 336 g/mol. The maximum absolute atomic E-state index is 9.53. The van der Waals surface area contributed by atoms with Crippen molar-refractivity contribution in [2.45, 2.75) is 0 Å². The predicted molar refractivity (Wildman–Crippen MR) is 107 cm³/mol. The number of pyridine rings is 2. The number of rotatable bonds is 4. The number of piperazine rings is 1. The van der Waals surface area contributed by atoms with Gasteiger partial charge in [-0.2, -0.15) is 5.26 Å². The lowest BCUT2D eigenvalue weighted by Crippen LogP contribution is -2.44. The molecule has 0 unspecified atom stereocenters. The molecule has 3 aromatic rings. The summed E-state index contributed by atoms with van der Waals surface area (Å²) < 4.78 is 0. The summed E-state index contributed by atoms with van der Waals surface area (Å²) in [4.78, 5) is 14.1. The number of nitrogens with one attached hydrogen (secondary N) is 2. The van der Waals surface area contributed by atoms with Crippen LogP contribution >= 0.6 is 0 Å². The molecule has 1 aliphatic heterocycles. The molecular formula is C21H20N6. The third kappa shape index (κ3) is 3.89. The van der Waals surface area contributed by atoms with Gasteiger partial charge in [-0.1, -0.05) is 6.08 Å². The van der Waals surface area contributed by atoms with Gasteiger partial charge in [0.2, 0.25) is 0 Å². The summed E-state index contributed by atoms with van der Waals surface area (Å²) in [5, 5.41) is 12.9. The zero-order valence-electron chi connectivity index (χ0n) is 14.9. The smallest absolute Gasteiger partial charge is 0.124 e. The summed E-state index contributed by atoms with van der Waals surface area (Å²) in [6.45, 7) is 3.65. The van der Waals surface area contributed by atoms with Crippen molar-refractivity contribution in [2.24, 2.45) is 0 Å². The number of hydrogen-bond donors (Lipinski definition) is 2. The molecule has 2 N–H and O–H groups in total. The van der Waals surface area contributed by atoms with Gasteiger partial charge in [0.05, 0.1) is 11.3 Å². The first-order chi connectivity index (χ1) is 13.3. The fourth-order valence-electron chi connectivity index (χ4n) is 3.19. The summed E-state index contributed by atoms with van der Waals surface area (Å²) in [5.41, 5.74) is 4.56. The van der Waals surface area contributed by atoms with E-state index in [1.165, 1.54) is 0 Å². The van der Waals surface area contributed by atoms with Gasteiger partial charge in [-0.3, -0.25) is 9.97 Å². The quantitative estimate of drug-likeness (QED) is 0.751. The van der Waals surface area contributed by atoms with Crippen LogP contribution in [0.5, 0.6) is 0 Å². The standard InChI is InChI=1S/C21H20N6/c22-15-18-14-20(26-21(18)27-11-9-24-10-12-27)17-5-8-25-19(13-17)2-1-16-3-6-23-7-4-16/h1-8,13-14,24,26H,9-12H2. The molecule has 0 bridgehead atoms. The summed E-state index contributed by atoms with van der Waals surface area (Å²) in [6.07, 6.45) is 9.31. The number of hydrogen-bond acceptors (Lipinski definition) is 5. The first kappa shape index (κ1) is 17.0. The van der Waals surface area contributed by atoms with Gasteiger partial charge in [0.25, 0.3) is 0 Å². The lowest BCUT2D eigenvalue weighted by molar-refractivity contribution is 0.585. The van der Waals surface area contributed by atoms with Crippen molar-refractivity contribution in [3.8, 4) is 17.3 Å². The van der Waals surface area contributed by atoms with E-state index in [0.29, 0.717) is 5.56 Å². The molecule has 1 aliphatic rings. The molecule has 134 valence electrons. The van der Waals surface area contributed by atoms with Crippen molar-refractivity contribution in [1.29, 1.82) is 5.26 Å². The second-order valence-electron chi connectivity index (χ2n) is 6.38. The zero-order valence-corrected chi connectivity index (χ0v) is 14.9. The van der Waals surface area contributed by atoms with Gasteiger partial charge in [-0.15, -0.1) is 0 Å². The maximum Gasteiger partial charge on any atom is 0.124 e. The molecule has 4 heterocycles. The normalized spacial score (nSPS) is 14.4. The average molecular weight is 356 g/mol. The minimum absolute atomic E-state index is 0.678. The molecule has 3 aromatic heterocycles. The summed E-state index contributed by atoms with van der Waals surface area (Å²) in [7, 11) is 0. The van der Waals surface area contributed by atoms with E-state index in [0.717, 1.165) is 54.5 Å². The first-order valence-corrected chi connectivity index (χ1v) is 8.97. The minimum atomic E-state index is 0.678. The highest BCUT2D eigenvalue weighted by molar-refractivity contribution is 5.73. The van der Waals surface area contributed by atoms with Crippen LogP contribution in [0, 0.1) is 11.3 Å². The van der Waals surface area contributed by atoms with Gasteiger partial charge < -0.3 is 15.2 Å². The highest BCUT2D eigenvalue weighted by Gasteiger charge is 2.17. The number of nitriles is 1. The molecule has 0 spiro atoms. The van der Waals surface area contributed by atoms with Crippen molar-refractivity contribution in [3.05, 3.63) is 65.7 Å². The third-order valence-electron chi connectivity index (χ3n) is 4.60. The molecule has 1 fully saturated rings.